The zero-order valence-corrected chi connectivity index (χ0v) is 12.5. The van der Waals surface area contributed by atoms with E-state index < -0.39 is 5.97 Å². The predicted octanol–water partition coefficient (Wildman–Crippen LogP) is 3.87. The molecule has 0 bridgehead atoms. The first-order valence-electron chi connectivity index (χ1n) is 7.44. The quantitative estimate of drug-likeness (QED) is 0.852. The Morgan fingerprint density at radius 1 is 1.20 bits per heavy atom. The first-order chi connectivity index (χ1) is 9.49. The van der Waals surface area contributed by atoms with Gasteiger partial charge in [0.05, 0.1) is 6.61 Å². The van der Waals surface area contributed by atoms with E-state index in [9.17, 15) is 9.90 Å². The molecule has 1 aromatic rings. The molecule has 20 heavy (non-hydrogen) atoms. The van der Waals surface area contributed by atoms with Crippen molar-refractivity contribution >= 4 is 5.97 Å². The lowest BCUT2D eigenvalue weighted by molar-refractivity contribution is 0.0206. The Balaban J connectivity index is 1.95. The molecule has 0 amide bonds. The molecular weight excluding hydrogens is 252 g/mol. The normalized spacial score (nSPS) is 29.9. The molecule has 1 aliphatic rings. The van der Waals surface area contributed by atoms with Crippen molar-refractivity contribution in [3.8, 4) is 5.75 Å². The molecule has 0 aliphatic heterocycles. The monoisotopic (exact) mass is 276 g/mol. The van der Waals surface area contributed by atoms with E-state index in [0.717, 1.165) is 5.92 Å². The highest BCUT2D eigenvalue weighted by molar-refractivity contribution is 5.92. The molecule has 1 aromatic carbocycles. The van der Waals surface area contributed by atoms with E-state index >= 15 is 0 Å². The van der Waals surface area contributed by atoms with Crippen LogP contribution in [0.3, 0.4) is 0 Å². The third-order valence-electron chi connectivity index (χ3n) is 4.54. The van der Waals surface area contributed by atoms with Crippen molar-refractivity contribution in [3.63, 3.8) is 0 Å². The first-order valence-corrected chi connectivity index (χ1v) is 7.44. The van der Waals surface area contributed by atoms with E-state index in [1.54, 1.807) is 18.2 Å². The molecule has 0 saturated heterocycles. The van der Waals surface area contributed by atoms with Crippen LogP contribution in [0.5, 0.6) is 5.75 Å². The minimum Gasteiger partial charge on any atom is -0.507 e. The fourth-order valence-electron chi connectivity index (χ4n) is 3.50. The van der Waals surface area contributed by atoms with Gasteiger partial charge in [0.2, 0.25) is 0 Å². The first kappa shape index (κ1) is 14.9. The van der Waals surface area contributed by atoms with Crippen molar-refractivity contribution in [2.24, 2.45) is 23.7 Å². The number of carbonyl (C=O) groups is 1. The maximum atomic E-state index is 12.0. The van der Waals surface area contributed by atoms with Gasteiger partial charge in [-0.25, -0.2) is 4.79 Å². The molecular formula is C17H24O3. The lowest BCUT2D eigenvalue weighted by atomic mass is 9.70. The molecule has 3 nitrogen and oxygen atoms in total. The number of carbonyl (C=O) groups excluding carboxylic acids is 1. The minimum absolute atomic E-state index is 0.0177. The minimum atomic E-state index is -0.430. The number of ether oxygens (including phenoxy) is 1. The number of hydrogen-bond acceptors (Lipinski definition) is 3. The number of phenols is 1. The highest BCUT2D eigenvalue weighted by Crippen LogP contribution is 2.38. The van der Waals surface area contributed by atoms with Gasteiger partial charge >= 0.3 is 5.97 Å². The second-order valence-corrected chi connectivity index (χ2v) is 6.31. The molecule has 2 rings (SSSR count). The second kappa shape index (κ2) is 6.29. The van der Waals surface area contributed by atoms with Gasteiger partial charge in [-0.05, 0) is 48.6 Å². The molecule has 2 atom stereocenters. The van der Waals surface area contributed by atoms with Gasteiger partial charge in [-0.1, -0.05) is 32.9 Å². The standard InChI is InChI=1S/C17H24O3/c1-11-8-12(2)15(13(3)9-11)10-20-17(19)14-6-4-5-7-16(14)18/h4-7,11-13,15,18H,8-10H2,1-3H3. The Bertz CT molecular complexity index is 457. The van der Waals surface area contributed by atoms with E-state index in [4.69, 9.17) is 4.74 Å². The van der Waals surface area contributed by atoms with Gasteiger partial charge in [-0.15, -0.1) is 0 Å². The number of esters is 1. The van der Waals surface area contributed by atoms with Gasteiger partial charge in [0, 0.05) is 0 Å². The Morgan fingerprint density at radius 3 is 2.40 bits per heavy atom. The molecule has 0 aromatic heterocycles. The SMILES string of the molecule is CC1CC(C)C(COC(=O)c2ccccc2O)C(C)C1. The molecule has 1 fully saturated rings. The summed E-state index contributed by atoms with van der Waals surface area (Å²) >= 11 is 0. The fraction of sp³-hybridized carbons (Fsp3) is 0.588. The van der Waals surface area contributed by atoms with Crippen LogP contribution in [0.25, 0.3) is 0 Å². The van der Waals surface area contributed by atoms with E-state index in [1.807, 2.05) is 0 Å². The molecule has 1 aliphatic carbocycles. The summed E-state index contributed by atoms with van der Waals surface area (Å²) in [5.74, 6) is 1.87. The molecule has 0 radical (unpaired) electrons. The van der Waals surface area contributed by atoms with Gasteiger partial charge in [0.1, 0.15) is 11.3 Å². The molecule has 1 saturated carbocycles. The van der Waals surface area contributed by atoms with E-state index in [-0.39, 0.29) is 11.3 Å². The molecule has 1 N–H and O–H groups in total. The topological polar surface area (TPSA) is 46.5 Å². The van der Waals surface area contributed by atoms with Gasteiger partial charge in [-0.2, -0.15) is 0 Å². The Labute approximate surface area is 121 Å². The largest absolute Gasteiger partial charge is 0.507 e. The summed E-state index contributed by atoms with van der Waals surface area (Å²) < 4.78 is 5.43. The molecule has 3 heteroatoms. The van der Waals surface area contributed by atoms with Crippen LogP contribution in [0.15, 0.2) is 24.3 Å². The third kappa shape index (κ3) is 3.33. The maximum absolute atomic E-state index is 12.0. The van der Waals surface area contributed by atoms with Crippen molar-refractivity contribution in [1.82, 2.24) is 0 Å². The Hall–Kier alpha value is -1.51. The van der Waals surface area contributed by atoms with Crippen LogP contribution in [0, 0.1) is 23.7 Å². The van der Waals surface area contributed by atoms with Crippen molar-refractivity contribution in [2.45, 2.75) is 33.6 Å². The van der Waals surface area contributed by atoms with E-state index in [2.05, 4.69) is 20.8 Å². The lowest BCUT2D eigenvalue weighted by Gasteiger charge is -2.37. The lowest BCUT2D eigenvalue weighted by Crippen LogP contribution is -2.32. The van der Waals surface area contributed by atoms with Crippen LogP contribution in [-0.4, -0.2) is 17.7 Å². The van der Waals surface area contributed by atoms with E-state index in [1.165, 1.54) is 18.9 Å². The second-order valence-electron chi connectivity index (χ2n) is 6.31. The van der Waals surface area contributed by atoms with Crippen LogP contribution in [0.2, 0.25) is 0 Å². The maximum Gasteiger partial charge on any atom is 0.341 e. The van der Waals surface area contributed by atoms with Crippen molar-refractivity contribution in [1.29, 1.82) is 0 Å². The Morgan fingerprint density at radius 2 is 1.80 bits per heavy atom. The molecule has 2 unspecified atom stereocenters. The number of aromatic hydroxyl groups is 1. The van der Waals surface area contributed by atoms with Crippen LogP contribution in [0.1, 0.15) is 44.0 Å². The number of benzene rings is 1. The smallest absolute Gasteiger partial charge is 0.341 e. The third-order valence-corrected chi connectivity index (χ3v) is 4.54. The zero-order chi connectivity index (χ0) is 14.7. The average Bonchev–Trinajstić information content (AvgIpc) is 2.37. The van der Waals surface area contributed by atoms with Crippen molar-refractivity contribution < 1.29 is 14.6 Å². The highest BCUT2D eigenvalue weighted by Gasteiger charge is 2.32. The van der Waals surface area contributed by atoms with Gasteiger partial charge in [0.15, 0.2) is 0 Å². The van der Waals surface area contributed by atoms with Crippen LogP contribution < -0.4 is 0 Å². The molecule has 110 valence electrons. The average molecular weight is 276 g/mol. The number of rotatable bonds is 3. The van der Waals surface area contributed by atoms with Gasteiger partial charge in [0.25, 0.3) is 0 Å². The molecule has 0 spiro atoms. The van der Waals surface area contributed by atoms with Gasteiger partial charge < -0.3 is 9.84 Å². The van der Waals surface area contributed by atoms with Gasteiger partial charge in [-0.3, -0.25) is 0 Å². The fourth-order valence-corrected chi connectivity index (χ4v) is 3.50. The van der Waals surface area contributed by atoms with Crippen molar-refractivity contribution in [2.75, 3.05) is 6.61 Å². The van der Waals surface area contributed by atoms with Crippen LogP contribution >= 0.6 is 0 Å². The zero-order valence-electron chi connectivity index (χ0n) is 12.5. The summed E-state index contributed by atoms with van der Waals surface area (Å²) in [5, 5.41) is 9.66. The molecule has 0 heterocycles. The summed E-state index contributed by atoms with van der Waals surface area (Å²) in [7, 11) is 0. The Kier molecular flexibility index (Phi) is 4.69. The summed E-state index contributed by atoms with van der Waals surface area (Å²) in [4.78, 5) is 12.0. The van der Waals surface area contributed by atoms with E-state index in [0.29, 0.717) is 24.4 Å². The number of para-hydroxylation sites is 1. The summed E-state index contributed by atoms with van der Waals surface area (Å²) in [6.45, 7) is 7.22. The predicted molar refractivity (Wildman–Crippen MR) is 78.6 cm³/mol. The summed E-state index contributed by atoms with van der Waals surface area (Å²) in [6.07, 6.45) is 2.40. The highest BCUT2D eigenvalue weighted by atomic mass is 16.5. The summed E-state index contributed by atoms with van der Waals surface area (Å²) in [5.41, 5.74) is 0.247. The number of phenolic OH excluding ortho intramolecular Hbond substituents is 1. The van der Waals surface area contributed by atoms with Crippen LogP contribution in [0.4, 0.5) is 0 Å². The van der Waals surface area contributed by atoms with Crippen LogP contribution in [-0.2, 0) is 4.74 Å². The number of hydrogen-bond donors (Lipinski definition) is 1. The summed E-state index contributed by atoms with van der Waals surface area (Å²) in [6, 6.07) is 6.51. The van der Waals surface area contributed by atoms with Crippen molar-refractivity contribution in [3.05, 3.63) is 29.8 Å².